The number of rotatable bonds is 5. The number of carbonyl (C=O) groups excluding carboxylic acids is 1. The number of ether oxygens (including phenoxy) is 2. The highest BCUT2D eigenvalue weighted by atomic mass is 16.7. The largest absolute Gasteiger partial charge is 0.429 e. The third kappa shape index (κ3) is 3.05. The highest BCUT2D eigenvalue weighted by molar-refractivity contribution is 5.66. The van der Waals surface area contributed by atoms with Gasteiger partial charge in [-0.2, -0.15) is 0 Å². The SMILES string of the molecule is C=CC(CC)(OCC)OC(C)=O. The third-order valence-electron chi connectivity index (χ3n) is 1.51. The van der Waals surface area contributed by atoms with Crippen molar-refractivity contribution in [2.24, 2.45) is 0 Å². The summed E-state index contributed by atoms with van der Waals surface area (Å²) in [5.41, 5.74) is 0. The summed E-state index contributed by atoms with van der Waals surface area (Å²) in [5, 5.41) is 0. The van der Waals surface area contributed by atoms with Gasteiger partial charge in [0.05, 0.1) is 0 Å². The maximum Gasteiger partial charge on any atom is 0.305 e. The summed E-state index contributed by atoms with van der Waals surface area (Å²) in [6.45, 7) is 9.14. The molecule has 3 nitrogen and oxygen atoms in total. The van der Waals surface area contributed by atoms with Crippen molar-refractivity contribution in [3.05, 3.63) is 12.7 Å². The smallest absolute Gasteiger partial charge is 0.305 e. The summed E-state index contributed by atoms with van der Waals surface area (Å²) >= 11 is 0. The van der Waals surface area contributed by atoms with Crippen molar-refractivity contribution in [3.8, 4) is 0 Å². The van der Waals surface area contributed by atoms with Crippen LogP contribution in [0.3, 0.4) is 0 Å². The second-order valence-electron chi connectivity index (χ2n) is 2.40. The Balaban J connectivity index is 4.33. The van der Waals surface area contributed by atoms with Crippen molar-refractivity contribution < 1.29 is 14.3 Å². The molecule has 1 atom stereocenters. The van der Waals surface area contributed by atoms with E-state index < -0.39 is 5.79 Å². The molecule has 0 radical (unpaired) electrons. The standard InChI is InChI=1S/C9H16O3/c1-5-9(6-2,11-7-3)12-8(4)10/h5H,1,6-7H2,2-4H3. The number of esters is 1. The summed E-state index contributed by atoms with van der Waals surface area (Å²) < 4.78 is 10.3. The molecule has 1 unspecified atom stereocenters. The highest BCUT2D eigenvalue weighted by Gasteiger charge is 2.27. The normalized spacial score (nSPS) is 14.9. The lowest BCUT2D eigenvalue weighted by atomic mass is 10.2. The zero-order chi connectivity index (χ0) is 9.61. The molecule has 0 aromatic heterocycles. The average Bonchev–Trinajstić information content (AvgIpc) is 2.03. The molecular formula is C9H16O3. The van der Waals surface area contributed by atoms with E-state index in [0.29, 0.717) is 13.0 Å². The highest BCUT2D eigenvalue weighted by Crippen LogP contribution is 2.19. The van der Waals surface area contributed by atoms with Crippen LogP contribution in [0.1, 0.15) is 27.2 Å². The van der Waals surface area contributed by atoms with Crippen molar-refractivity contribution in [2.75, 3.05) is 6.61 Å². The Bertz CT molecular complexity index is 165. The van der Waals surface area contributed by atoms with Gasteiger partial charge in [-0.25, -0.2) is 0 Å². The van der Waals surface area contributed by atoms with Gasteiger partial charge < -0.3 is 9.47 Å². The molecule has 70 valence electrons. The fourth-order valence-corrected chi connectivity index (χ4v) is 0.936. The van der Waals surface area contributed by atoms with Crippen LogP contribution in [0.25, 0.3) is 0 Å². The van der Waals surface area contributed by atoms with Gasteiger partial charge in [0, 0.05) is 20.0 Å². The lowest BCUT2D eigenvalue weighted by molar-refractivity contribution is -0.207. The Morgan fingerprint density at radius 3 is 2.42 bits per heavy atom. The fourth-order valence-electron chi connectivity index (χ4n) is 0.936. The molecule has 0 fully saturated rings. The van der Waals surface area contributed by atoms with Crippen molar-refractivity contribution in [3.63, 3.8) is 0 Å². The fraction of sp³-hybridized carbons (Fsp3) is 0.667. The molecule has 0 aliphatic rings. The minimum Gasteiger partial charge on any atom is -0.429 e. The van der Waals surface area contributed by atoms with Gasteiger partial charge in [-0.05, 0) is 13.0 Å². The number of carbonyl (C=O) groups is 1. The quantitative estimate of drug-likeness (QED) is 0.361. The van der Waals surface area contributed by atoms with E-state index in [1.165, 1.54) is 13.0 Å². The molecule has 0 aliphatic carbocycles. The second-order valence-corrected chi connectivity index (χ2v) is 2.40. The first kappa shape index (κ1) is 11.2. The van der Waals surface area contributed by atoms with Gasteiger partial charge in [-0.3, -0.25) is 4.79 Å². The minimum absolute atomic E-state index is 0.356. The third-order valence-corrected chi connectivity index (χ3v) is 1.51. The molecule has 0 aliphatic heterocycles. The van der Waals surface area contributed by atoms with Gasteiger partial charge in [0.1, 0.15) is 0 Å². The van der Waals surface area contributed by atoms with Gasteiger partial charge in [0.2, 0.25) is 5.79 Å². The second kappa shape index (κ2) is 4.93. The lowest BCUT2D eigenvalue weighted by Crippen LogP contribution is -2.34. The summed E-state index contributed by atoms with van der Waals surface area (Å²) in [4.78, 5) is 10.7. The van der Waals surface area contributed by atoms with Crippen LogP contribution in [0, 0.1) is 0 Å². The van der Waals surface area contributed by atoms with Crippen LogP contribution >= 0.6 is 0 Å². The van der Waals surface area contributed by atoms with Crippen LogP contribution in [-0.2, 0) is 14.3 Å². The maximum absolute atomic E-state index is 10.7. The Morgan fingerprint density at radius 1 is 1.58 bits per heavy atom. The van der Waals surface area contributed by atoms with E-state index in [0.717, 1.165) is 0 Å². The van der Waals surface area contributed by atoms with E-state index in [2.05, 4.69) is 6.58 Å². The molecule has 0 rings (SSSR count). The number of hydrogen-bond acceptors (Lipinski definition) is 3. The first-order chi connectivity index (χ1) is 5.60. The molecule has 0 amide bonds. The molecular weight excluding hydrogens is 156 g/mol. The molecule has 3 heteroatoms. The summed E-state index contributed by atoms with van der Waals surface area (Å²) in [5.74, 6) is -1.29. The Morgan fingerprint density at radius 2 is 2.17 bits per heavy atom. The van der Waals surface area contributed by atoms with Crippen molar-refractivity contribution in [1.29, 1.82) is 0 Å². The molecule has 0 spiro atoms. The van der Waals surface area contributed by atoms with Crippen LogP contribution in [0.5, 0.6) is 0 Å². The molecule has 0 N–H and O–H groups in total. The van der Waals surface area contributed by atoms with E-state index in [1.807, 2.05) is 13.8 Å². The topological polar surface area (TPSA) is 35.5 Å². The van der Waals surface area contributed by atoms with E-state index in [-0.39, 0.29) is 5.97 Å². The first-order valence-electron chi connectivity index (χ1n) is 4.07. The number of hydrogen-bond donors (Lipinski definition) is 0. The zero-order valence-electron chi connectivity index (χ0n) is 7.92. The molecule has 0 saturated heterocycles. The van der Waals surface area contributed by atoms with Gasteiger partial charge in [-0.1, -0.05) is 13.5 Å². The molecule has 0 saturated carbocycles. The minimum atomic E-state index is -0.930. The monoisotopic (exact) mass is 172 g/mol. The van der Waals surface area contributed by atoms with E-state index in [4.69, 9.17) is 9.47 Å². The summed E-state index contributed by atoms with van der Waals surface area (Å²) in [6.07, 6.45) is 2.09. The Hall–Kier alpha value is -0.830. The van der Waals surface area contributed by atoms with Crippen LogP contribution in [-0.4, -0.2) is 18.4 Å². The van der Waals surface area contributed by atoms with Crippen LogP contribution in [0.15, 0.2) is 12.7 Å². The van der Waals surface area contributed by atoms with Gasteiger partial charge in [0.25, 0.3) is 0 Å². The lowest BCUT2D eigenvalue weighted by Gasteiger charge is -2.27. The molecule has 12 heavy (non-hydrogen) atoms. The summed E-state index contributed by atoms with van der Waals surface area (Å²) in [7, 11) is 0. The molecule has 0 bridgehead atoms. The van der Waals surface area contributed by atoms with Crippen molar-refractivity contribution in [2.45, 2.75) is 33.0 Å². The van der Waals surface area contributed by atoms with Gasteiger partial charge >= 0.3 is 5.97 Å². The molecule has 0 aromatic rings. The van der Waals surface area contributed by atoms with Gasteiger partial charge in [0.15, 0.2) is 0 Å². The molecule has 0 aromatic carbocycles. The zero-order valence-corrected chi connectivity index (χ0v) is 7.92. The Kier molecular flexibility index (Phi) is 4.59. The van der Waals surface area contributed by atoms with E-state index in [9.17, 15) is 4.79 Å². The van der Waals surface area contributed by atoms with Gasteiger partial charge in [-0.15, -0.1) is 0 Å². The maximum atomic E-state index is 10.7. The Labute approximate surface area is 73.4 Å². The van der Waals surface area contributed by atoms with Crippen LogP contribution in [0.4, 0.5) is 0 Å². The van der Waals surface area contributed by atoms with Crippen LogP contribution < -0.4 is 0 Å². The van der Waals surface area contributed by atoms with Crippen molar-refractivity contribution >= 4 is 5.97 Å². The molecule has 0 heterocycles. The first-order valence-corrected chi connectivity index (χ1v) is 4.07. The van der Waals surface area contributed by atoms with E-state index in [1.54, 1.807) is 0 Å². The summed E-state index contributed by atoms with van der Waals surface area (Å²) in [6, 6.07) is 0. The van der Waals surface area contributed by atoms with Crippen LogP contribution in [0.2, 0.25) is 0 Å². The predicted molar refractivity (Wildman–Crippen MR) is 46.6 cm³/mol. The average molecular weight is 172 g/mol. The van der Waals surface area contributed by atoms with Crippen molar-refractivity contribution in [1.82, 2.24) is 0 Å². The predicted octanol–water partition coefficient (Wildman–Crippen LogP) is 1.88. The van der Waals surface area contributed by atoms with E-state index >= 15 is 0 Å².